The molecule has 0 spiro atoms. The summed E-state index contributed by atoms with van der Waals surface area (Å²) in [6.07, 6.45) is 0. The normalized spacial score (nSPS) is 12.4. The number of hydrogen-bond donors (Lipinski definition) is 2. The van der Waals surface area contributed by atoms with Crippen LogP contribution in [0.15, 0.2) is 53.5 Å². The van der Waals surface area contributed by atoms with Crippen LogP contribution in [0.5, 0.6) is 0 Å². The predicted molar refractivity (Wildman–Crippen MR) is 126 cm³/mol. The van der Waals surface area contributed by atoms with Crippen LogP contribution in [-0.2, 0) is 16.1 Å². The van der Waals surface area contributed by atoms with Crippen molar-refractivity contribution in [2.24, 2.45) is 4.99 Å². The van der Waals surface area contributed by atoms with Crippen LogP contribution in [0.4, 0.5) is 15.8 Å². The summed E-state index contributed by atoms with van der Waals surface area (Å²) in [6.45, 7) is 3.56. The Kier molecular flexibility index (Phi) is 6.53. The number of benzene rings is 3. The molecule has 0 saturated heterocycles. The fourth-order valence-corrected chi connectivity index (χ4v) is 3.66. The number of rotatable bonds is 7. The number of aliphatic imine (C=N–C) groups is 1. The van der Waals surface area contributed by atoms with Crippen LogP contribution in [0.25, 0.3) is 10.8 Å². The van der Waals surface area contributed by atoms with Gasteiger partial charge in [0.15, 0.2) is 0 Å². The zero-order chi connectivity index (χ0) is 24.2. The van der Waals surface area contributed by atoms with Crippen molar-refractivity contribution in [1.82, 2.24) is 10.6 Å². The lowest BCUT2D eigenvalue weighted by Gasteiger charge is -2.15. The molecule has 3 aromatic rings. The molecule has 3 aromatic carbocycles. The van der Waals surface area contributed by atoms with Crippen molar-refractivity contribution >= 4 is 45.8 Å². The minimum Gasteiger partial charge on any atom is -0.465 e. The summed E-state index contributed by atoms with van der Waals surface area (Å²) < 4.78 is 19.2. The second-order valence-electron chi connectivity index (χ2n) is 7.63. The number of hydrogen-bond acceptors (Lipinski definition) is 6. The molecule has 9 heteroatoms. The second-order valence-corrected chi connectivity index (χ2v) is 7.63. The molecule has 0 saturated carbocycles. The van der Waals surface area contributed by atoms with E-state index in [9.17, 15) is 18.8 Å². The van der Waals surface area contributed by atoms with Crippen molar-refractivity contribution in [3.05, 3.63) is 71.0 Å². The largest absolute Gasteiger partial charge is 0.465 e. The van der Waals surface area contributed by atoms with E-state index in [2.05, 4.69) is 20.9 Å². The lowest BCUT2D eigenvalue weighted by molar-refractivity contribution is -0.141. The van der Waals surface area contributed by atoms with Crippen LogP contribution in [0.3, 0.4) is 0 Å². The molecule has 2 N–H and O–H groups in total. The van der Waals surface area contributed by atoms with Crippen LogP contribution >= 0.6 is 0 Å². The van der Waals surface area contributed by atoms with E-state index < -0.39 is 17.7 Å². The van der Waals surface area contributed by atoms with E-state index in [1.54, 1.807) is 26.0 Å². The van der Waals surface area contributed by atoms with Crippen molar-refractivity contribution in [1.29, 1.82) is 0 Å². The fourth-order valence-electron chi connectivity index (χ4n) is 3.66. The van der Waals surface area contributed by atoms with Gasteiger partial charge in [-0.25, -0.2) is 9.38 Å². The Morgan fingerprint density at radius 1 is 1.09 bits per heavy atom. The Labute approximate surface area is 195 Å². The van der Waals surface area contributed by atoms with E-state index in [4.69, 9.17) is 4.74 Å². The standard InChI is InChI=1S/C25H22FN4O4/c1-3-34-22(31)13-28-24(32)18-8-7-17(11-20(18)26)27-12-15-4-5-16-6-9-21-23(19(16)10-15)25(33)30-14(2)29-21/h4-11,27H,3,12-13H2,1-2H3,(H,28,32). The second kappa shape index (κ2) is 9.70. The maximum absolute atomic E-state index is 14.5. The minimum atomic E-state index is -0.723. The first-order chi connectivity index (χ1) is 16.4. The van der Waals surface area contributed by atoms with E-state index in [-0.39, 0.29) is 24.6 Å². The first kappa shape index (κ1) is 22.9. The highest BCUT2D eigenvalue weighted by Crippen LogP contribution is 2.31. The van der Waals surface area contributed by atoms with Gasteiger partial charge >= 0.3 is 5.97 Å². The van der Waals surface area contributed by atoms with Gasteiger partial charge in [0.25, 0.3) is 11.8 Å². The molecule has 0 bridgehead atoms. The lowest BCUT2D eigenvalue weighted by Crippen LogP contribution is -2.31. The summed E-state index contributed by atoms with van der Waals surface area (Å²) in [5.74, 6) is -1.92. The number of carbonyl (C=O) groups excluding carboxylic acids is 3. The Bertz CT molecular complexity index is 1340. The van der Waals surface area contributed by atoms with Crippen molar-refractivity contribution in [2.75, 3.05) is 18.5 Å². The van der Waals surface area contributed by atoms with Crippen LogP contribution in [0.2, 0.25) is 0 Å². The van der Waals surface area contributed by atoms with Crippen molar-refractivity contribution in [3.63, 3.8) is 0 Å². The summed E-state index contributed by atoms with van der Waals surface area (Å²) in [7, 11) is 0. The van der Waals surface area contributed by atoms with Gasteiger partial charge in [0, 0.05) is 12.2 Å². The number of carbonyl (C=O) groups is 3. The Balaban J connectivity index is 1.47. The SMILES string of the molecule is CCOC(=O)CNC(=O)c1ccc(NCc2ccc3ccc4c(c3c2)C(=O)[N]C(C)=N4)cc1F. The van der Waals surface area contributed by atoms with Gasteiger partial charge in [-0.3, -0.25) is 14.4 Å². The molecular formula is C25H22FN4O4. The van der Waals surface area contributed by atoms with Gasteiger partial charge in [-0.1, -0.05) is 18.2 Å². The molecule has 1 aliphatic heterocycles. The van der Waals surface area contributed by atoms with E-state index in [0.29, 0.717) is 29.3 Å². The van der Waals surface area contributed by atoms with Crippen molar-refractivity contribution in [2.45, 2.75) is 20.4 Å². The van der Waals surface area contributed by atoms with Crippen molar-refractivity contribution < 1.29 is 23.5 Å². The number of nitrogens with zero attached hydrogens (tertiary/aromatic N) is 2. The smallest absolute Gasteiger partial charge is 0.325 e. The lowest BCUT2D eigenvalue weighted by atomic mass is 9.98. The molecule has 0 aromatic heterocycles. The number of amidine groups is 1. The average Bonchev–Trinajstić information content (AvgIpc) is 2.80. The molecule has 173 valence electrons. The van der Waals surface area contributed by atoms with Crippen LogP contribution in [-0.4, -0.2) is 36.8 Å². The average molecular weight is 461 g/mol. The van der Waals surface area contributed by atoms with Crippen LogP contribution < -0.4 is 16.0 Å². The molecule has 1 heterocycles. The zero-order valence-electron chi connectivity index (χ0n) is 18.6. The first-order valence-electron chi connectivity index (χ1n) is 10.7. The summed E-state index contributed by atoms with van der Waals surface area (Å²) in [4.78, 5) is 40.3. The number of halogens is 1. The van der Waals surface area contributed by atoms with Gasteiger partial charge in [-0.05, 0) is 60.5 Å². The number of amides is 2. The molecule has 1 radical (unpaired) electrons. The zero-order valence-corrected chi connectivity index (χ0v) is 18.6. The van der Waals surface area contributed by atoms with Gasteiger partial charge < -0.3 is 15.4 Å². The molecule has 0 fully saturated rings. The van der Waals surface area contributed by atoms with Crippen molar-refractivity contribution in [3.8, 4) is 0 Å². The summed E-state index contributed by atoms with van der Waals surface area (Å²) >= 11 is 0. The molecular weight excluding hydrogens is 439 g/mol. The third kappa shape index (κ3) is 4.88. The third-order valence-corrected chi connectivity index (χ3v) is 5.23. The number of ether oxygens (including phenoxy) is 1. The van der Waals surface area contributed by atoms with E-state index in [0.717, 1.165) is 16.3 Å². The van der Waals surface area contributed by atoms with E-state index >= 15 is 0 Å². The molecule has 0 aliphatic carbocycles. The highest BCUT2D eigenvalue weighted by atomic mass is 19.1. The molecule has 2 amide bonds. The maximum Gasteiger partial charge on any atom is 0.325 e. The third-order valence-electron chi connectivity index (χ3n) is 5.23. The van der Waals surface area contributed by atoms with Crippen LogP contribution in [0.1, 0.15) is 40.1 Å². The maximum atomic E-state index is 14.5. The summed E-state index contributed by atoms with van der Waals surface area (Å²) in [5.41, 5.74) is 2.23. The summed E-state index contributed by atoms with van der Waals surface area (Å²) in [5, 5.41) is 11.0. The highest BCUT2D eigenvalue weighted by Gasteiger charge is 2.22. The van der Waals surface area contributed by atoms with Gasteiger partial charge in [0.2, 0.25) is 0 Å². The molecule has 0 atom stereocenters. The van der Waals surface area contributed by atoms with Gasteiger partial charge in [0.05, 0.1) is 23.4 Å². The molecule has 1 aliphatic rings. The number of fused-ring (bicyclic) bond motifs is 3. The molecule has 4 rings (SSSR count). The van der Waals surface area contributed by atoms with E-state index in [1.807, 2.05) is 24.3 Å². The Morgan fingerprint density at radius 3 is 2.65 bits per heavy atom. The van der Waals surface area contributed by atoms with Crippen LogP contribution in [0, 0.1) is 5.82 Å². The fraction of sp³-hybridized carbons (Fsp3) is 0.200. The monoisotopic (exact) mass is 461 g/mol. The van der Waals surface area contributed by atoms with Gasteiger partial charge in [0.1, 0.15) is 18.2 Å². The Hall–Kier alpha value is -4.27. The highest BCUT2D eigenvalue weighted by molar-refractivity contribution is 6.18. The Morgan fingerprint density at radius 2 is 1.88 bits per heavy atom. The number of esters is 1. The quantitative estimate of drug-likeness (QED) is 0.522. The number of anilines is 1. The molecule has 0 unspecified atom stereocenters. The molecule has 34 heavy (non-hydrogen) atoms. The summed E-state index contributed by atoms with van der Waals surface area (Å²) in [6, 6.07) is 13.5. The predicted octanol–water partition coefficient (Wildman–Crippen LogP) is 3.69. The van der Waals surface area contributed by atoms with Gasteiger partial charge in [-0.15, -0.1) is 0 Å². The van der Waals surface area contributed by atoms with E-state index in [1.165, 1.54) is 12.1 Å². The first-order valence-corrected chi connectivity index (χ1v) is 10.7. The minimum absolute atomic E-state index is 0.176. The van der Waals surface area contributed by atoms with Gasteiger partial charge in [-0.2, -0.15) is 5.32 Å². The number of nitrogens with one attached hydrogen (secondary N) is 2. The topological polar surface area (TPSA) is 111 Å². The molecule has 8 nitrogen and oxygen atoms in total.